The van der Waals surface area contributed by atoms with Crippen LogP contribution in [0.3, 0.4) is 0 Å². The summed E-state index contributed by atoms with van der Waals surface area (Å²) in [6, 6.07) is 17.5. The molecule has 0 saturated carbocycles. The number of ether oxygens (including phenoxy) is 1. The topological polar surface area (TPSA) is 9.23 Å². The van der Waals surface area contributed by atoms with Crippen LogP contribution < -0.4 is 4.74 Å². The van der Waals surface area contributed by atoms with Crippen molar-refractivity contribution in [2.75, 3.05) is 0 Å². The molecule has 0 atom stereocenters. The second-order valence-electron chi connectivity index (χ2n) is 9.44. The Bertz CT molecular complexity index is 1410. The molecule has 0 fully saturated rings. The fourth-order valence-electron chi connectivity index (χ4n) is 4.53. The van der Waals surface area contributed by atoms with E-state index in [9.17, 15) is 22.0 Å². The van der Waals surface area contributed by atoms with Crippen molar-refractivity contribution in [3.8, 4) is 5.75 Å². The van der Waals surface area contributed by atoms with E-state index in [-0.39, 0.29) is 24.5 Å². The van der Waals surface area contributed by atoms with E-state index >= 15 is 4.39 Å². The zero-order chi connectivity index (χ0) is 27.3. The van der Waals surface area contributed by atoms with E-state index in [1.807, 2.05) is 24.3 Å². The summed E-state index contributed by atoms with van der Waals surface area (Å²) in [5.41, 5.74) is 3.48. The molecule has 7 heteroatoms. The first kappa shape index (κ1) is 27.6. The van der Waals surface area contributed by atoms with Gasteiger partial charge < -0.3 is 4.74 Å². The Hall–Kier alpha value is -3.48. The largest absolute Gasteiger partial charge is 0.573 e. The molecule has 0 N–H and O–H groups in total. The number of halogens is 6. The third kappa shape index (κ3) is 7.09. The highest BCUT2D eigenvalue weighted by atomic mass is 19.4. The van der Waals surface area contributed by atoms with Crippen molar-refractivity contribution >= 4 is 10.8 Å². The van der Waals surface area contributed by atoms with Crippen molar-refractivity contribution in [1.29, 1.82) is 0 Å². The minimum atomic E-state index is -4.98. The highest BCUT2D eigenvalue weighted by Crippen LogP contribution is 2.28. The predicted molar refractivity (Wildman–Crippen MR) is 137 cm³/mol. The molecule has 0 aliphatic rings. The highest BCUT2D eigenvalue weighted by molar-refractivity contribution is 5.84. The van der Waals surface area contributed by atoms with E-state index < -0.39 is 17.9 Å². The van der Waals surface area contributed by atoms with Gasteiger partial charge in [0.25, 0.3) is 0 Å². The number of rotatable bonds is 10. The minimum absolute atomic E-state index is 0.197. The van der Waals surface area contributed by atoms with Crippen LogP contribution in [-0.4, -0.2) is 6.36 Å². The van der Waals surface area contributed by atoms with Gasteiger partial charge in [0.15, 0.2) is 11.6 Å². The lowest BCUT2D eigenvalue weighted by Gasteiger charge is -2.11. The molecule has 0 heterocycles. The van der Waals surface area contributed by atoms with Crippen LogP contribution in [-0.2, 0) is 32.1 Å². The normalized spacial score (nSPS) is 11.8. The Kier molecular flexibility index (Phi) is 8.65. The molecule has 0 aromatic heterocycles. The summed E-state index contributed by atoms with van der Waals surface area (Å²) in [6.07, 6.45) is -0.383. The molecule has 0 aliphatic heterocycles. The van der Waals surface area contributed by atoms with Crippen LogP contribution in [0, 0.1) is 17.5 Å². The Morgan fingerprint density at radius 3 is 1.92 bits per heavy atom. The van der Waals surface area contributed by atoms with Crippen LogP contribution in [0.2, 0.25) is 0 Å². The first-order valence-corrected chi connectivity index (χ1v) is 12.6. The van der Waals surface area contributed by atoms with Crippen LogP contribution in [0.15, 0.2) is 66.7 Å². The quantitative estimate of drug-likeness (QED) is 0.186. The maximum Gasteiger partial charge on any atom is 0.573 e. The average molecular weight is 531 g/mol. The Morgan fingerprint density at radius 1 is 0.632 bits per heavy atom. The first-order chi connectivity index (χ1) is 18.1. The number of hydrogen-bond acceptors (Lipinski definition) is 1. The molecule has 200 valence electrons. The van der Waals surface area contributed by atoms with E-state index in [1.54, 1.807) is 24.3 Å². The molecule has 0 unspecified atom stereocenters. The van der Waals surface area contributed by atoms with E-state index in [4.69, 9.17) is 0 Å². The smallest absolute Gasteiger partial charge is 0.403 e. The molecule has 0 amide bonds. The fraction of sp³-hybridized carbons (Fsp3) is 0.290. The summed E-state index contributed by atoms with van der Waals surface area (Å²) < 4.78 is 84.3. The fourth-order valence-corrected chi connectivity index (χ4v) is 4.53. The van der Waals surface area contributed by atoms with E-state index in [2.05, 4.69) is 11.7 Å². The van der Waals surface area contributed by atoms with Gasteiger partial charge in [-0.2, -0.15) is 0 Å². The van der Waals surface area contributed by atoms with Gasteiger partial charge in [-0.05, 0) is 89.9 Å². The van der Waals surface area contributed by atoms with Crippen molar-refractivity contribution in [1.82, 2.24) is 0 Å². The van der Waals surface area contributed by atoms with Gasteiger partial charge in [0, 0.05) is 5.39 Å². The van der Waals surface area contributed by atoms with Crippen LogP contribution in [0.4, 0.5) is 26.3 Å². The number of benzene rings is 4. The zero-order valence-corrected chi connectivity index (χ0v) is 21.0. The second-order valence-corrected chi connectivity index (χ2v) is 9.44. The number of alkyl halides is 3. The maximum absolute atomic E-state index is 15.2. The van der Waals surface area contributed by atoms with Crippen molar-refractivity contribution < 1.29 is 31.1 Å². The van der Waals surface area contributed by atoms with Gasteiger partial charge >= 0.3 is 6.36 Å². The maximum atomic E-state index is 15.2. The van der Waals surface area contributed by atoms with Gasteiger partial charge in [0.05, 0.1) is 0 Å². The van der Waals surface area contributed by atoms with Crippen molar-refractivity contribution in [3.05, 3.63) is 112 Å². The third-order valence-corrected chi connectivity index (χ3v) is 6.62. The third-order valence-electron chi connectivity index (χ3n) is 6.62. The summed E-state index contributed by atoms with van der Waals surface area (Å²) in [7, 11) is 0. The SMILES string of the molecule is CCCCc1ccc(CCc2ccc3c(F)c(CCc4ccc(OC(F)(F)F)c(F)c4)ccc3c2)c(F)c1. The van der Waals surface area contributed by atoms with Gasteiger partial charge in [-0.15, -0.1) is 13.2 Å². The van der Waals surface area contributed by atoms with Crippen LogP contribution >= 0.6 is 0 Å². The van der Waals surface area contributed by atoms with E-state index in [1.165, 1.54) is 6.07 Å². The Labute approximate surface area is 218 Å². The van der Waals surface area contributed by atoms with E-state index in [0.29, 0.717) is 34.9 Å². The Morgan fingerprint density at radius 2 is 1.24 bits per heavy atom. The van der Waals surface area contributed by atoms with E-state index in [0.717, 1.165) is 47.9 Å². The lowest BCUT2D eigenvalue weighted by Crippen LogP contribution is -2.18. The van der Waals surface area contributed by atoms with Crippen LogP contribution in [0.25, 0.3) is 10.8 Å². The van der Waals surface area contributed by atoms with Gasteiger partial charge in [0.1, 0.15) is 11.6 Å². The second kappa shape index (κ2) is 11.9. The summed E-state index contributed by atoms with van der Waals surface area (Å²) in [5.74, 6) is -2.61. The molecular weight excluding hydrogens is 502 g/mol. The van der Waals surface area contributed by atoms with Crippen molar-refractivity contribution in [3.63, 3.8) is 0 Å². The van der Waals surface area contributed by atoms with Crippen LogP contribution in [0.1, 0.15) is 47.6 Å². The molecule has 4 aromatic carbocycles. The average Bonchev–Trinajstić information content (AvgIpc) is 2.87. The Balaban J connectivity index is 1.41. The van der Waals surface area contributed by atoms with Crippen LogP contribution in [0.5, 0.6) is 5.75 Å². The van der Waals surface area contributed by atoms with Gasteiger partial charge in [-0.25, -0.2) is 13.2 Å². The minimum Gasteiger partial charge on any atom is -0.403 e. The summed E-state index contributed by atoms with van der Waals surface area (Å²) in [6.45, 7) is 2.10. The molecule has 38 heavy (non-hydrogen) atoms. The molecule has 4 rings (SSSR count). The zero-order valence-electron chi connectivity index (χ0n) is 21.0. The molecule has 0 bridgehead atoms. The standard InChI is InChI=1S/C31H28F6O/c1-2-3-4-20-5-10-23(27(32)18-20)11-6-21-8-15-26-25(17-21)14-13-24(30(26)34)12-7-22-9-16-29(28(33)19-22)38-31(35,36)37/h5,8-10,13-19H,2-4,6-7,11-12H2,1H3. The van der Waals surface area contributed by atoms with Gasteiger partial charge in [-0.3, -0.25) is 0 Å². The number of unbranched alkanes of at least 4 members (excludes halogenated alkanes) is 1. The first-order valence-electron chi connectivity index (χ1n) is 12.6. The highest BCUT2D eigenvalue weighted by Gasteiger charge is 2.32. The van der Waals surface area contributed by atoms with Gasteiger partial charge in [0.2, 0.25) is 0 Å². The molecule has 0 radical (unpaired) electrons. The molecule has 0 spiro atoms. The number of hydrogen-bond donors (Lipinski definition) is 0. The molecule has 0 saturated heterocycles. The molecule has 1 nitrogen and oxygen atoms in total. The van der Waals surface area contributed by atoms with Crippen molar-refractivity contribution in [2.24, 2.45) is 0 Å². The molecule has 4 aromatic rings. The number of aryl methyl sites for hydroxylation is 5. The summed E-state index contributed by atoms with van der Waals surface area (Å²) in [5, 5.41) is 1.16. The monoisotopic (exact) mass is 530 g/mol. The van der Waals surface area contributed by atoms with Gasteiger partial charge in [-0.1, -0.05) is 61.9 Å². The predicted octanol–water partition coefficient (Wildman–Crippen LogP) is 9.07. The summed E-state index contributed by atoms with van der Waals surface area (Å²) >= 11 is 0. The summed E-state index contributed by atoms with van der Waals surface area (Å²) in [4.78, 5) is 0. The lowest BCUT2D eigenvalue weighted by molar-refractivity contribution is -0.275. The molecule has 0 aliphatic carbocycles. The lowest BCUT2D eigenvalue weighted by atomic mass is 9.97. The van der Waals surface area contributed by atoms with Crippen molar-refractivity contribution in [2.45, 2.75) is 58.2 Å². The number of fused-ring (bicyclic) bond motifs is 1. The molecular formula is C31H28F6O.